The zero-order chi connectivity index (χ0) is 21.5. The van der Waals surface area contributed by atoms with Gasteiger partial charge in [0, 0.05) is 22.1 Å². The van der Waals surface area contributed by atoms with Crippen molar-refractivity contribution in [2.45, 2.75) is 51.2 Å². The zero-order valence-corrected chi connectivity index (χ0v) is 19.3. The van der Waals surface area contributed by atoms with Crippen molar-refractivity contribution in [3.63, 3.8) is 0 Å². The fourth-order valence-electron chi connectivity index (χ4n) is 3.52. The summed E-state index contributed by atoms with van der Waals surface area (Å²) in [5.41, 5.74) is 0.943. The summed E-state index contributed by atoms with van der Waals surface area (Å²) in [6, 6.07) is 14.2. The Hall–Kier alpha value is -2.05. The average molecular weight is 494 g/mol. The van der Waals surface area contributed by atoms with Gasteiger partial charge >= 0.3 is 0 Å². The smallest absolute Gasteiger partial charge is 0.261 e. The van der Waals surface area contributed by atoms with E-state index in [2.05, 4.69) is 21.2 Å². The molecule has 2 aromatic carbocycles. The number of benzene rings is 2. The van der Waals surface area contributed by atoms with Crippen molar-refractivity contribution in [3.05, 3.63) is 63.6 Å². The van der Waals surface area contributed by atoms with E-state index in [0.717, 1.165) is 35.7 Å². The molecular formula is C23H26BrClN2O3. The molecule has 0 saturated heterocycles. The van der Waals surface area contributed by atoms with E-state index in [1.807, 2.05) is 24.3 Å². The van der Waals surface area contributed by atoms with Crippen LogP contribution in [0.2, 0.25) is 5.02 Å². The summed E-state index contributed by atoms with van der Waals surface area (Å²) in [6.45, 7) is 1.94. The van der Waals surface area contributed by atoms with Crippen LogP contribution < -0.4 is 10.1 Å². The monoisotopic (exact) mass is 492 g/mol. The van der Waals surface area contributed by atoms with Gasteiger partial charge in [-0.15, -0.1) is 0 Å². The Labute approximate surface area is 190 Å². The third-order valence-corrected chi connectivity index (χ3v) is 6.09. The molecule has 0 bridgehead atoms. The first-order chi connectivity index (χ1) is 14.4. The van der Waals surface area contributed by atoms with Gasteiger partial charge in [0.15, 0.2) is 6.61 Å². The standard InChI is InChI=1S/C23H26BrClN2O3/c1-16(23(29)26-20-4-2-3-5-20)27(14-17-6-8-18(24)9-7-17)22(28)15-30-21-12-10-19(25)11-13-21/h6-13,16,20H,2-5,14-15H2,1H3,(H,26,29)/t16-/m1/s1. The summed E-state index contributed by atoms with van der Waals surface area (Å²) in [7, 11) is 0. The van der Waals surface area contributed by atoms with Crippen LogP contribution in [0, 0.1) is 0 Å². The summed E-state index contributed by atoms with van der Waals surface area (Å²) >= 11 is 9.32. The van der Waals surface area contributed by atoms with Crippen molar-refractivity contribution < 1.29 is 14.3 Å². The highest BCUT2D eigenvalue weighted by molar-refractivity contribution is 9.10. The van der Waals surface area contributed by atoms with E-state index in [9.17, 15) is 9.59 Å². The number of hydrogen-bond donors (Lipinski definition) is 1. The molecular weight excluding hydrogens is 468 g/mol. The van der Waals surface area contributed by atoms with Crippen LogP contribution in [-0.4, -0.2) is 35.4 Å². The zero-order valence-electron chi connectivity index (χ0n) is 16.9. The first-order valence-corrected chi connectivity index (χ1v) is 11.3. The lowest BCUT2D eigenvalue weighted by molar-refractivity contribution is -0.142. The lowest BCUT2D eigenvalue weighted by atomic mass is 10.1. The molecule has 0 radical (unpaired) electrons. The summed E-state index contributed by atoms with van der Waals surface area (Å²) in [5, 5.41) is 3.69. The van der Waals surface area contributed by atoms with Gasteiger partial charge in [0.05, 0.1) is 0 Å². The Morgan fingerprint density at radius 3 is 2.40 bits per heavy atom. The fourth-order valence-corrected chi connectivity index (χ4v) is 3.91. The van der Waals surface area contributed by atoms with Gasteiger partial charge < -0.3 is 15.0 Å². The first-order valence-electron chi connectivity index (χ1n) is 10.1. The molecule has 2 aromatic rings. The summed E-state index contributed by atoms with van der Waals surface area (Å²) in [5.74, 6) is 0.181. The van der Waals surface area contributed by atoms with Crippen LogP contribution in [0.15, 0.2) is 53.0 Å². The van der Waals surface area contributed by atoms with E-state index in [1.54, 1.807) is 36.1 Å². The lowest BCUT2D eigenvalue weighted by Crippen LogP contribution is -2.50. The predicted octanol–water partition coefficient (Wildman–Crippen LogP) is 4.96. The van der Waals surface area contributed by atoms with Gasteiger partial charge in [0.25, 0.3) is 5.91 Å². The third kappa shape index (κ3) is 6.47. The van der Waals surface area contributed by atoms with E-state index in [1.165, 1.54) is 0 Å². The largest absolute Gasteiger partial charge is 0.484 e. The molecule has 3 rings (SSSR count). The minimum atomic E-state index is -0.601. The molecule has 1 N–H and O–H groups in total. The fraction of sp³-hybridized carbons (Fsp3) is 0.391. The quantitative estimate of drug-likeness (QED) is 0.566. The van der Waals surface area contributed by atoms with E-state index >= 15 is 0 Å². The number of ether oxygens (including phenoxy) is 1. The summed E-state index contributed by atoms with van der Waals surface area (Å²) in [4.78, 5) is 27.4. The second-order valence-electron chi connectivity index (χ2n) is 7.56. The van der Waals surface area contributed by atoms with E-state index < -0.39 is 6.04 Å². The second kappa shape index (κ2) is 10.8. The molecule has 1 aliphatic carbocycles. The van der Waals surface area contributed by atoms with Crippen LogP contribution in [0.3, 0.4) is 0 Å². The van der Waals surface area contributed by atoms with Crippen molar-refractivity contribution in [3.8, 4) is 5.75 Å². The number of nitrogens with zero attached hydrogens (tertiary/aromatic N) is 1. The number of rotatable bonds is 8. The molecule has 160 valence electrons. The maximum atomic E-state index is 13.0. The Morgan fingerprint density at radius 2 is 1.77 bits per heavy atom. The minimum absolute atomic E-state index is 0.126. The Morgan fingerprint density at radius 1 is 1.13 bits per heavy atom. The maximum absolute atomic E-state index is 13.0. The molecule has 30 heavy (non-hydrogen) atoms. The molecule has 1 fully saturated rings. The number of halogens is 2. The van der Waals surface area contributed by atoms with Crippen molar-refractivity contribution in [2.24, 2.45) is 0 Å². The van der Waals surface area contributed by atoms with Crippen LogP contribution in [-0.2, 0) is 16.1 Å². The second-order valence-corrected chi connectivity index (χ2v) is 8.91. The highest BCUT2D eigenvalue weighted by atomic mass is 79.9. The van der Waals surface area contributed by atoms with Gasteiger partial charge in [-0.2, -0.15) is 0 Å². The average Bonchev–Trinajstić information content (AvgIpc) is 3.25. The van der Waals surface area contributed by atoms with Crippen LogP contribution in [0.1, 0.15) is 38.2 Å². The molecule has 1 atom stereocenters. The van der Waals surface area contributed by atoms with Crippen LogP contribution in [0.4, 0.5) is 0 Å². The van der Waals surface area contributed by atoms with Gasteiger partial charge in [-0.25, -0.2) is 0 Å². The number of amides is 2. The molecule has 0 heterocycles. The Bertz CT molecular complexity index is 852. The highest BCUT2D eigenvalue weighted by Crippen LogP contribution is 2.20. The van der Waals surface area contributed by atoms with Crippen molar-refractivity contribution in [1.29, 1.82) is 0 Å². The molecule has 1 saturated carbocycles. The molecule has 0 unspecified atom stereocenters. The van der Waals surface area contributed by atoms with E-state index in [4.69, 9.17) is 16.3 Å². The van der Waals surface area contributed by atoms with Crippen molar-refractivity contribution >= 4 is 39.3 Å². The molecule has 0 aliphatic heterocycles. The number of hydrogen-bond acceptors (Lipinski definition) is 3. The van der Waals surface area contributed by atoms with E-state index in [0.29, 0.717) is 17.3 Å². The van der Waals surface area contributed by atoms with Crippen LogP contribution in [0.25, 0.3) is 0 Å². The summed E-state index contributed by atoms with van der Waals surface area (Å²) in [6.07, 6.45) is 4.27. The minimum Gasteiger partial charge on any atom is -0.484 e. The number of nitrogens with one attached hydrogen (secondary N) is 1. The van der Waals surface area contributed by atoms with Gasteiger partial charge in [-0.1, -0.05) is 52.5 Å². The predicted molar refractivity (Wildman–Crippen MR) is 121 cm³/mol. The SMILES string of the molecule is C[C@H](C(=O)NC1CCCC1)N(Cc1ccc(Br)cc1)C(=O)COc1ccc(Cl)cc1. The normalized spacial score (nSPS) is 14.9. The molecule has 7 heteroatoms. The topological polar surface area (TPSA) is 58.6 Å². The van der Waals surface area contributed by atoms with Crippen molar-refractivity contribution in [2.75, 3.05) is 6.61 Å². The molecule has 2 amide bonds. The molecule has 0 spiro atoms. The maximum Gasteiger partial charge on any atom is 0.261 e. The molecule has 0 aromatic heterocycles. The van der Waals surface area contributed by atoms with E-state index in [-0.39, 0.29) is 24.5 Å². The number of carbonyl (C=O) groups excluding carboxylic acids is 2. The van der Waals surface area contributed by atoms with Crippen molar-refractivity contribution in [1.82, 2.24) is 10.2 Å². The van der Waals surface area contributed by atoms with Gasteiger partial charge in [0.1, 0.15) is 11.8 Å². The van der Waals surface area contributed by atoms with Gasteiger partial charge in [-0.05, 0) is 61.7 Å². The van der Waals surface area contributed by atoms with Crippen LogP contribution >= 0.6 is 27.5 Å². The Kier molecular flexibility index (Phi) is 8.16. The molecule has 5 nitrogen and oxygen atoms in total. The lowest BCUT2D eigenvalue weighted by Gasteiger charge is -2.29. The molecule has 1 aliphatic rings. The first kappa shape index (κ1) is 22.6. The van der Waals surface area contributed by atoms with Gasteiger partial charge in [-0.3, -0.25) is 9.59 Å². The third-order valence-electron chi connectivity index (χ3n) is 5.31. The number of carbonyl (C=O) groups is 2. The van der Waals surface area contributed by atoms with Gasteiger partial charge in [0.2, 0.25) is 5.91 Å². The Balaban J connectivity index is 1.69. The highest BCUT2D eigenvalue weighted by Gasteiger charge is 2.28. The summed E-state index contributed by atoms with van der Waals surface area (Å²) < 4.78 is 6.60. The van der Waals surface area contributed by atoms with Crippen LogP contribution in [0.5, 0.6) is 5.75 Å².